The fourth-order valence-electron chi connectivity index (χ4n) is 4.21. The van der Waals surface area contributed by atoms with E-state index >= 15 is 0 Å². The molecule has 4 N–H and O–H groups in total. The van der Waals surface area contributed by atoms with E-state index in [0.717, 1.165) is 60.9 Å². The van der Waals surface area contributed by atoms with E-state index in [1.54, 1.807) is 7.11 Å². The molecule has 0 atom stereocenters. The molecule has 3 nitrogen and oxygen atoms in total. The zero-order valence-electron chi connectivity index (χ0n) is 16.7. The van der Waals surface area contributed by atoms with Crippen LogP contribution >= 0.6 is 0 Å². The lowest BCUT2D eigenvalue weighted by Gasteiger charge is -2.19. The molecule has 30 heavy (non-hydrogen) atoms. The zero-order valence-corrected chi connectivity index (χ0v) is 16.7. The molecule has 0 bridgehead atoms. The Morgan fingerprint density at radius 3 is 1.97 bits per heavy atom. The van der Waals surface area contributed by atoms with Gasteiger partial charge in [-0.25, -0.2) is 0 Å². The summed E-state index contributed by atoms with van der Waals surface area (Å²) >= 11 is 0. The molecule has 0 saturated heterocycles. The number of ether oxygens (including phenoxy) is 1. The van der Waals surface area contributed by atoms with Crippen molar-refractivity contribution in [2.45, 2.75) is 0 Å². The first-order valence-corrected chi connectivity index (χ1v) is 9.90. The second-order valence-corrected chi connectivity index (χ2v) is 7.41. The molecule has 0 aromatic heterocycles. The summed E-state index contributed by atoms with van der Waals surface area (Å²) in [6.45, 7) is 0. The van der Waals surface area contributed by atoms with Crippen molar-refractivity contribution < 1.29 is 4.74 Å². The largest absolute Gasteiger partial charge is 0.497 e. The molecular weight excluding hydrogens is 368 g/mol. The highest BCUT2D eigenvalue weighted by molar-refractivity contribution is 6.15. The lowest BCUT2D eigenvalue weighted by atomic mass is 9.88. The molecule has 0 aliphatic rings. The maximum atomic E-state index is 6.86. The first-order chi connectivity index (χ1) is 14.7. The average molecular weight is 390 g/mol. The first-order valence-electron chi connectivity index (χ1n) is 9.90. The van der Waals surface area contributed by atoms with Crippen molar-refractivity contribution in [1.29, 1.82) is 0 Å². The smallest absolute Gasteiger partial charge is 0.118 e. The summed E-state index contributed by atoms with van der Waals surface area (Å²) in [6, 6.07) is 30.8. The highest BCUT2D eigenvalue weighted by atomic mass is 16.5. The van der Waals surface area contributed by atoms with Crippen molar-refractivity contribution in [3.05, 3.63) is 91.0 Å². The summed E-state index contributed by atoms with van der Waals surface area (Å²) in [6.07, 6.45) is 0. The van der Waals surface area contributed by atoms with Crippen molar-refractivity contribution in [3.8, 4) is 28.0 Å². The van der Waals surface area contributed by atoms with Gasteiger partial charge in [0, 0.05) is 28.1 Å². The molecule has 0 unspecified atom stereocenters. The Balaban J connectivity index is 1.89. The van der Waals surface area contributed by atoms with Crippen LogP contribution < -0.4 is 16.2 Å². The third-order valence-electron chi connectivity index (χ3n) is 5.70. The fraction of sp³-hybridized carbons (Fsp3) is 0.0370. The Bertz CT molecular complexity index is 1390. The topological polar surface area (TPSA) is 61.3 Å². The van der Waals surface area contributed by atoms with Crippen LogP contribution in [0.15, 0.2) is 91.0 Å². The van der Waals surface area contributed by atoms with Crippen molar-refractivity contribution in [3.63, 3.8) is 0 Å². The standard InChI is InChI=1S/C27H22N2O/c1-30-20-13-10-18(11-14-20)23-16-19-7-3-5-9-22(19)26(27(23)29)25-21-8-4-2-6-17(21)12-15-24(25)28/h2-16H,28-29H2,1H3. The Morgan fingerprint density at radius 1 is 0.633 bits per heavy atom. The summed E-state index contributed by atoms with van der Waals surface area (Å²) in [5.74, 6) is 0.816. The van der Waals surface area contributed by atoms with E-state index in [1.807, 2.05) is 54.6 Å². The van der Waals surface area contributed by atoms with Crippen LogP contribution in [0, 0.1) is 0 Å². The molecule has 146 valence electrons. The van der Waals surface area contributed by atoms with Crippen LogP contribution in [-0.2, 0) is 0 Å². The lowest BCUT2D eigenvalue weighted by Crippen LogP contribution is -1.99. The Hall–Kier alpha value is -3.98. The lowest BCUT2D eigenvalue weighted by molar-refractivity contribution is 0.415. The Labute approximate surface area is 175 Å². The van der Waals surface area contributed by atoms with Gasteiger partial charge in [-0.2, -0.15) is 0 Å². The van der Waals surface area contributed by atoms with Crippen molar-refractivity contribution in [2.75, 3.05) is 18.6 Å². The molecule has 5 rings (SSSR count). The second-order valence-electron chi connectivity index (χ2n) is 7.41. The maximum Gasteiger partial charge on any atom is 0.118 e. The average Bonchev–Trinajstić information content (AvgIpc) is 2.79. The van der Waals surface area contributed by atoms with Crippen molar-refractivity contribution in [2.24, 2.45) is 0 Å². The first kappa shape index (κ1) is 18.1. The van der Waals surface area contributed by atoms with Gasteiger partial charge >= 0.3 is 0 Å². The van der Waals surface area contributed by atoms with Crippen LogP contribution in [0.2, 0.25) is 0 Å². The monoisotopic (exact) mass is 390 g/mol. The van der Waals surface area contributed by atoms with E-state index in [1.165, 1.54) is 0 Å². The number of nitrogen functional groups attached to an aromatic ring is 2. The SMILES string of the molecule is COc1ccc(-c2cc3ccccc3c(-c3c(N)ccc4ccccc34)c2N)cc1. The highest BCUT2D eigenvalue weighted by Crippen LogP contribution is 2.45. The van der Waals surface area contributed by atoms with Gasteiger partial charge in [-0.3, -0.25) is 0 Å². The van der Waals surface area contributed by atoms with Gasteiger partial charge in [0.15, 0.2) is 0 Å². The molecule has 5 aromatic rings. The van der Waals surface area contributed by atoms with E-state index in [2.05, 4.69) is 36.4 Å². The van der Waals surface area contributed by atoms with Gasteiger partial charge in [0.1, 0.15) is 5.75 Å². The second kappa shape index (κ2) is 7.12. The van der Waals surface area contributed by atoms with Gasteiger partial charge in [0.25, 0.3) is 0 Å². The van der Waals surface area contributed by atoms with Crippen LogP contribution in [-0.4, -0.2) is 7.11 Å². The summed E-state index contributed by atoms with van der Waals surface area (Å²) < 4.78 is 5.31. The minimum atomic E-state index is 0.720. The summed E-state index contributed by atoms with van der Waals surface area (Å²) in [5, 5.41) is 4.46. The van der Waals surface area contributed by atoms with Gasteiger partial charge in [-0.05, 0) is 51.4 Å². The van der Waals surface area contributed by atoms with E-state index in [9.17, 15) is 0 Å². The fourth-order valence-corrected chi connectivity index (χ4v) is 4.21. The van der Waals surface area contributed by atoms with E-state index in [-0.39, 0.29) is 0 Å². The van der Waals surface area contributed by atoms with Crippen LogP contribution in [0.25, 0.3) is 43.8 Å². The molecule has 0 aliphatic carbocycles. The molecule has 0 amide bonds. The number of methoxy groups -OCH3 is 1. The molecule has 3 heteroatoms. The Kier molecular flexibility index (Phi) is 4.29. The van der Waals surface area contributed by atoms with Gasteiger partial charge in [0.2, 0.25) is 0 Å². The van der Waals surface area contributed by atoms with Gasteiger partial charge in [-0.1, -0.05) is 66.7 Å². The number of rotatable bonds is 3. The number of benzene rings is 5. The molecule has 0 spiro atoms. The predicted octanol–water partition coefficient (Wildman–Crippen LogP) is 6.50. The van der Waals surface area contributed by atoms with Crippen LogP contribution in [0.4, 0.5) is 11.4 Å². The van der Waals surface area contributed by atoms with Gasteiger partial charge in [-0.15, -0.1) is 0 Å². The van der Waals surface area contributed by atoms with Crippen molar-refractivity contribution in [1.82, 2.24) is 0 Å². The quantitative estimate of drug-likeness (QED) is 0.346. The summed E-state index contributed by atoms with van der Waals surface area (Å²) in [5.41, 5.74) is 18.8. The third-order valence-corrected chi connectivity index (χ3v) is 5.70. The van der Waals surface area contributed by atoms with E-state index in [0.29, 0.717) is 0 Å². The number of hydrogen-bond acceptors (Lipinski definition) is 3. The molecule has 0 saturated carbocycles. The number of fused-ring (bicyclic) bond motifs is 2. The van der Waals surface area contributed by atoms with Crippen LogP contribution in [0.1, 0.15) is 0 Å². The highest BCUT2D eigenvalue weighted by Gasteiger charge is 2.18. The Morgan fingerprint density at radius 2 is 1.27 bits per heavy atom. The molecule has 0 heterocycles. The van der Waals surface area contributed by atoms with Crippen molar-refractivity contribution >= 4 is 32.9 Å². The molecule has 0 aliphatic heterocycles. The molecule has 0 radical (unpaired) electrons. The van der Waals surface area contributed by atoms with E-state index < -0.39 is 0 Å². The summed E-state index contributed by atoms with van der Waals surface area (Å²) in [7, 11) is 1.67. The third kappa shape index (κ3) is 2.83. The molecular formula is C27H22N2O. The number of anilines is 2. The van der Waals surface area contributed by atoms with Gasteiger partial charge in [0.05, 0.1) is 7.11 Å². The maximum absolute atomic E-state index is 6.86. The van der Waals surface area contributed by atoms with Gasteiger partial charge < -0.3 is 16.2 Å². The van der Waals surface area contributed by atoms with Crippen LogP contribution in [0.3, 0.4) is 0 Å². The minimum Gasteiger partial charge on any atom is -0.497 e. The molecule has 0 fully saturated rings. The number of nitrogens with two attached hydrogens (primary N) is 2. The molecule has 5 aromatic carbocycles. The summed E-state index contributed by atoms with van der Waals surface area (Å²) in [4.78, 5) is 0. The van der Waals surface area contributed by atoms with E-state index in [4.69, 9.17) is 16.2 Å². The predicted molar refractivity (Wildman–Crippen MR) is 128 cm³/mol. The van der Waals surface area contributed by atoms with Crippen LogP contribution in [0.5, 0.6) is 5.75 Å². The zero-order chi connectivity index (χ0) is 20.7. The normalized spacial score (nSPS) is 11.1. The minimum absolute atomic E-state index is 0.720. The number of hydrogen-bond donors (Lipinski definition) is 2.